The minimum absolute atomic E-state index is 0.0221. The summed E-state index contributed by atoms with van der Waals surface area (Å²) in [7, 11) is 1.56. The van der Waals surface area contributed by atoms with E-state index < -0.39 is 12.2 Å². The van der Waals surface area contributed by atoms with Crippen LogP contribution >= 0.6 is 12.2 Å². The highest BCUT2D eigenvalue weighted by atomic mass is 32.1. The van der Waals surface area contributed by atoms with Gasteiger partial charge in [-0.2, -0.15) is 14.9 Å². The van der Waals surface area contributed by atoms with E-state index in [9.17, 15) is 8.78 Å². The van der Waals surface area contributed by atoms with Gasteiger partial charge in [0.05, 0.1) is 19.9 Å². The van der Waals surface area contributed by atoms with Gasteiger partial charge in [-0.25, -0.2) is 13.9 Å². The normalized spacial score (nSPS) is 11.2. The zero-order valence-electron chi connectivity index (χ0n) is 16.3. The number of aromatic amines is 1. The Bertz CT molecular complexity index is 1080. The van der Waals surface area contributed by atoms with Gasteiger partial charge in [-0.15, -0.1) is 0 Å². The van der Waals surface area contributed by atoms with Crippen LogP contribution in [0.2, 0.25) is 0 Å². The predicted octanol–water partition coefficient (Wildman–Crippen LogP) is 4.75. The van der Waals surface area contributed by atoms with E-state index in [4.69, 9.17) is 26.4 Å². The van der Waals surface area contributed by atoms with E-state index in [0.717, 1.165) is 10.2 Å². The molecule has 2 aromatic carbocycles. The van der Waals surface area contributed by atoms with Crippen molar-refractivity contribution in [2.24, 2.45) is 5.10 Å². The Labute approximate surface area is 176 Å². The first kappa shape index (κ1) is 21.4. The van der Waals surface area contributed by atoms with E-state index in [2.05, 4.69) is 15.3 Å². The molecule has 0 spiro atoms. The molecule has 0 saturated carbocycles. The third kappa shape index (κ3) is 5.01. The number of ether oxygens (including phenoxy) is 3. The van der Waals surface area contributed by atoms with E-state index in [0.29, 0.717) is 29.4 Å². The van der Waals surface area contributed by atoms with Crippen molar-refractivity contribution in [3.63, 3.8) is 0 Å². The zero-order valence-corrected chi connectivity index (χ0v) is 17.2. The van der Waals surface area contributed by atoms with Crippen LogP contribution in [0.1, 0.15) is 30.3 Å². The Balaban J connectivity index is 1.83. The Kier molecular flexibility index (Phi) is 7.12. The predicted molar refractivity (Wildman–Crippen MR) is 110 cm³/mol. The molecule has 0 atom stereocenters. The maximum absolute atomic E-state index is 13.0. The lowest BCUT2D eigenvalue weighted by Gasteiger charge is -2.14. The van der Waals surface area contributed by atoms with Crippen LogP contribution in [0.3, 0.4) is 0 Å². The van der Waals surface area contributed by atoms with E-state index in [-0.39, 0.29) is 11.4 Å². The number of aromatic nitrogens is 3. The maximum atomic E-state index is 13.0. The molecule has 158 valence electrons. The lowest BCUT2D eigenvalue weighted by atomic mass is 10.1. The second-order valence-corrected chi connectivity index (χ2v) is 6.37. The molecule has 1 N–H and O–H groups in total. The second-order valence-electron chi connectivity index (χ2n) is 5.98. The summed E-state index contributed by atoms with van der Waals surface area (Å²) in [6, 6.07) is 12.6. The summed E-state index contributed by atoms with van der Waals surface area (Å²) in [6.07, 6.45) is -1.39. The minimum Gasteiger partial charge on any atom is -0.496 e. The van der Waals surface area contributed by atoms with Crippen molar-refractivity contribution >= 4 is 18.4 Å². The highest BCUT2D eigenvalue weighted by Crippen LogP contribution is 2.29. The minimum atomic E-state index is -2.81. The molecule has 30 heavy (non-hydrogen) atoms. The van der Waals surface area contributed by atoms with E-state index in [1.165, 1.54) is 6.21 Å². The largest absolute Gasteiger partial charge is 0.496 e. The Hall–Kier alpha value is -3.27. The molecule has 1 heterocycles. The van der Waals surface area contributed by atoms with Crippen LogP contribution in [0.15, 0.2) is 47.6 Å². The first-order valence-electron chi connectivity index (χ1n) is 9.04. The average molecular weight is 434 g/mol. The third-order valence-corrected chi connectivity index (χ3v) is 4.29. The summed E-state index contributed by atoms with van der Waals surface area (Å²) in [6.45, 7) is 2.63. The topological polar surface area (TPSA) is 73.7 Å². The van der Waals surface area contributed by atoms with E-state index in [1.54, 1.807) is 25.3 Å². The SMILES string of the molecule is CCOc1ccccc1OCc1cc(/C=N\n2c(C(F)F)n[nH]c2=S)ccc1OC. The van der Waals surface area contributed by atoms with Gasteiger partial charge >= 0.3 is 0 Å². The fourth-order valence-corrected chi connectivity index (χ4v) is 2.86. The average Bonchev–Trinajstić information content (AvgIpc) is 3.12. The number of benzene rings is 2. The number of nitrogens with zero attached hydrogens (tertiary/aromatic N) is 3. The van der Waals surface area contributed by atoms with Crippen LogP contribution in [0, 0.1) is 4.77 Å². The number of H-pyrrole nitrogens is 1. The van der Waals surface area contributed by atoms with Crippen molar-refractivity contribution in [1.29, 1.82) is 0 Å². The molecule has 1 aromatic heterocycles. The number of para-hydroxylation sites is 2. The summed E-state index contributed by atoms with van der Waals surface area (Å²) >= 11 is 4.95. The van der Waals surface area contributed by atoms with Crippen molar-refractivity contribution in [3.05, 3.63) is 64.2 Å². The molecule has 10 heteroatoms. The van der Waals surface area contributed by atoms with Gasteiger partial charge in [-0.05, 0) is 55.0 Å². The first-order chi connectivity index (χ1) is 14.5. The van der Waals surface area contributed by atoms with Gasteiger partial charge in [0.2, 0.25) is 10.6 Å². The molecule has 0 amide bonds. The molecule has 0 fully saturated rings. The van der Waals surface area contributed by atoms with Gasteiger partial charge in [-0.1, -0.05) is 12.1 Å². The number of hydrogen-bond donors (Lipinski definition) is 1. The van der Waals surface area contributed by atoms with Gasteiger partial charge in [0.1, 0.15) is 12.4 Å². The van der Waals surface area contributed by atoms with Gasteiger partial charge in [-0.3, -0.25) is 0 Å². The monoisotopic (exact) mass is 434 g/mol. The molecule has 0 radical (unpaired) electrons. The molecule has 0 saturated heterocycles. The van der Waals surface area contributed by atoms with Crippen LogP contribution in [-0.4, -0.2) is 34.8 Å². The molecule has 0 aliphatic rings. The summed E-state index contributed by atoms with van der Waals surface area (Å²) in [5.74, 6) is 1.31. The van der Waals surface area contributed by atoms with Crippen LogP contribution in [-0.2, 0) is 6.61 Å². The molecule has 7 nitrogen and oxygen atoms in total. The van der Waals surface area contributed by atoms with Crippen LogP contribution in [0.4, 0.5) is 8.78 Å². The molecule has 0 bridgehead atoms. The Morgan fingerprint density at radius 3 is 2.57 bits per heavy atom. The molecular weight excluding hydrogens is 414 g/mol. The fraction of sp³-hybridized carbons (Fsp3) is 0.250. The number of hydrogen-bond acceptors (Lipinski definition) is 6. The fourth-order valence-electron chi connectivity index (χ4n) is 2.67. The Morgan fingerprint density at radius 1 is 1.17 bits per heavy atom. The van der Waals surface area contributed by atoms with Crippen LogP contribution < -0.4 is 14.2 Å². The molecule has 3 aromatic rings. The van der Waals surface area contributed by atoms with Gasteiger partial charge in [0, 0.05) is 5.56 Å². The van der Waals surface area contributed by atoms with Crippen molar-refractivity contribution in [2.45, 2.75) is 20.0 Å². The highest BCUT2D eigenvalue weighted by molar-refractivity contribution is 7.71. The second kappa shape index (κ2) is 9.97. The standard InChI is InChI=1S/C20H20F2N4O3S/c1-3-28-16-6-4-5-7-17(16)29-12-14-10-13(8-9-15(14)27-2)11-23-26-19(18(21)22)24-25-20(26)30/h4-11,18H,3,12H2,1-2H3,(H,25,30)/b23-11-. The molecule has 3 rings (SSSR count). The van der Waals surface area contributed by atoms with Crippen molar-refractivity contribution in [1.82, 2.24) is 14.9 Å². The lowest BCUT2D eigenvalue weighted by Crippen LogP contribution is -2.03. The Morgan fingerprint density at radius 2 is 1.90 bits per heavy atom. The summed E-state index contributed by atoms with van der Waals surface area (Å²) in [4.78, 5) is 0. The molecule has 0 aliphatic heterocycles. The van der Waals surface area contributed by atoms with Gasteiger partial charge in [0.25, 0.3) is 6.43 Å². The van der Waals surface area contributed by atoms with Crippen LogP contribution in [0.5, 0.6) is 17.2 Å². The van der Waals surface area contributed by atoms with E-state index in [1.807, 2.05) is 31.2 Å². The third-order valence-electron chi connectivity index (χ3n) is 4.03. The number of nitrogens with one attached hydrogen (secondary N) is 1. The number of methoxy groups -OCH3 is 1. The number of halogens is 2. The maximum Gasteiger partial charge on any atom is 0.299 e. The van der Waals surface area contributed by atoms with Crippen molar-refractivity contribution in [3.8, 4) is 17.2 Å². The summed E-state index contributed by atoms with van der Waals surface area (Å²) in [5, 5.41) is 9.82. The molecule has 0 unspecified atom stereocenters. The summed E-state index contributed by atoms with van der Waals surface area (Å²) in [5.41, 5.74) is 1.40. The van der Waals surface area contributed by atoms with Gasteiger partial charge in [0.15, 0.2) is 11.5 Å². The van der Waals surface area contributed by atoms with Crippen LogP contribution in [0.25, 0.3) is 0 Å². The number of alkyl halides is 2. The van der Waals surface area contributed by atoms with Crippen molar-refractivity contribution < 1.29 is 23.0 Å². The summed E-state index contributed by atoms with van der Waals surface area (Å²) < 4.78 is 43.8. The van der Waals surface area contributed by atoms with E-state index >= 15 is 0 Å². The molecular formula is C20H20F2N4O3S. The first-order valence-corrected chi connectivity index (χ1v) is 9.45. The smallest absolute Gasteiger partial charge is 0.299 e. The zero-order chi connectivity index (χ0) is 21.5. The van der Waals surface area contributed by atoms with Crippen molar-refractivity contribution in [2.75, 3.05) is 13.7 Å². The lowest BCUT2D eigenvalue weighted by molar-refractivity contribution is 0.136. The molecule has 0 aliphatic carbocycles. The highest BCUT2D eigenvalue weighted by Gasteiger charge is 2.16. The van der Waals surface area contributed by atoms with Gasteiger partial charge < -0.3 is 14.2 Å². The number of rotatable bonds is 9. The quantitative estimate of drug-likeness (QED) is 0.389.